The highest BCUT2D eigenvalue weighted by Crippen LogP contribution is 2.23. The van der Waals surface area contributed by atoms with Crippen molar-refractivity contribution in [2.45, 2.75) is 19.3 Å². The molecular formula is C13H14N2O. The highest BCUT2D eigenvalue weighted by Gasteiger charge is 2.15. The summed E-state index contributed by atoms with van der Waals surface area (Å²) in [6.07, 6.45) is 4.29. The van der Waals surface area contributed by atoms with Gasteiger partial charge < -0.3 is 5.73 Å². The van der Waals surface area contributed by atoms with Gasteiger partial charge in [-0.1, -0.05) is 25.1 Å². The maximum absolute atomic E-state index is 11.3. The molecule has 0 saturated heterocycles. The largest absolute Gasteiger partial charge is 0.369 e. The van der Waals surface area contributed by atoms with Crippen molar-refractivity contribution in [3.8, 4) is 0 Å². The lowest BCUT2D eigenvalue weighted by Crippen LogP contribution is -2.20. The van der Waals surface area contributed by atoms with Crippen LogP contribution in [0, 0.1) is 0 Å². The Morgan fingerprint density at radius 3 is 2.88 bits per heavy atom. The van der Waals surface area contributed by atoms with E-state index < -0.39 is 0 Å². The number of rotatable bonds is 3. The number of carbonyl (C=O) groups is 1. The van der Waals surface area contributed by atoms with Gasteiger partial charge in [0.05, 0.1) is 5.92 Å². The van der Waals surface area contributed by atoms with E-state index in [4.69, 9.17) is 5.73 Å². The van der Waals surface area contributed by atoms with E-state index in [0.29, 0.717) is 0 Å². The number of fused-ring (bicyclic) bond motifs is 1. The van der Waals surface area contributed by atoms with E-state index in [-0.39, 0.29) is 11.8 Å². The number of carbonyl (C=O) groups excluding carboxylic acids is 1. The molecule has 2 N–H and O–H groups in total. The van der Waals surface area contributed by atoms with Gasteiger partial charge in [-0.15, -0.1) is 0 Å². The first-order valence-corrected chi connectivity index (χ1v) is 5.35. The Labute approximate surface area is 94.3 Å². The molecule has 0 radical (unpaired) electrons. The van der Waals surface area contributed by atoms with Crippen LogP contribution in [-0.4, -0.2) is 10.9 Å². The van der Waals surface area contributed by atoms with Crippen molar-refractivity contribution in [1.82, 2.24) is 4.98 Å². The molecule has 82 valence electrons. The molecule has 0 aliphatic heterocycles. The van der Waals surface area contributed by atoms with Crippen molar-refractivity contribution in [2.24, 2.45) is 5.73 Å². The molecule has 1 aromatic heterocycles. The average molecular weight is 214 g/mol. The van der Waals surface area contributed by atoms with Crippen LogP contribution in [0.15, 0.2) is 36.7 Å². The van der Waals surface area contributed by atoms with Crippen molar-refractivity contribution in [1.29, 1.82) is 0 Å². The SMILES string of the molecule is CCC(C(N)=O)c1ccc2cnccc2c1. The summed E-state index contributed by atoms with van der Waals surface area (Å²) in [6, 6.07) is 7.87. The number of hydrogen-bond acceptors (Lipinski definition) is 2. The molecule has 0 spiro atoms. The van der Waals surface area contributed by atoms with Crippen LogP contribution in [-0.2, 0) is 4.79 Å². The number of nitrogens with two attached hydrogens (primary N) is 1. The number of hydrogen-bond donors (Lipinski definition) is 1. The summed E-state index contributed by atoms with van der Waals surface area (Å²) in [5.74, 6) is -0.464. The van der Waals surface area contributed by atoms with Crippen LogP contribution in [0.1, 0.15) is 24.8 Å². The van der Waals surface area contributed by atoms with Gasteiger partial charge in [-0.2, -0.15) is 0 Å². The quantitative estimate of drug-likeness (QED) is 0.851. The number of primary amides is 1. The predicted molar refractivity (Wildman–Crippen MR) is 64.0 cm³/mol. The molecule has 3 nitrogen and oxygen atoms in total. The molecule has 1 heterocycles. The van der Waals surface area contributed by atoms with Gasteiger partial charge in [0.2, 0.25) is 5.91 Å². The minimum Gasteiger partial charge on any atom is -0.369 e. The Kier molecular flexibility index (Phi) is 2.86. The Balaban J connectivity index is 2.49. The van der Waals surface area contributed by atoms with E-state index in [0.717, 1.165) is 22.8 Å². The summed E-state index contributed by atoms with van der Waals surface area (Å²) >= 11 is 0. The number of nitrogens with zero attached hydrogens (tertiary/aromatic N) is 1. The van der Waals surface area contributed by atoms with Gasteiger partial charge in [0, 0.05) is 17.8 Å². The minimum atomic E-state index is -0.268. The Bertz CT molecular complexity index is 522. The van der Waals surface area contributed by atoms with Crippen molar-refractivity contribution < 1.29 is 4.79 Å². The molecule has 0 aliphatic rings. The van der Waals surface area contributed by atoms with Crippen molar-refractivity contribution in [3.05, 3.63) is 42.2 Å². The first-order valence-electron chi connectivity index (χ1n) is 5.35. The Hall–Kier alpha value is -1.90. The number of pyridine rings is 1. The molecule has 3 heteroatoms. The second-order valence-electron chi connectivity index (χ2n) is 3.85. The molecule has 0 bridgehead atoms. The highest BCUT2D eigenvalue weighted by atomic mass is 16.1. The molecule has 1 aromatic carbocycles. The molecule has 0 fully saturated rings. The zero-order chi connectivity index (χ0) is 11.5. The van der Waals surface area contributed by atoms with Crippen LogP contribution in [0.4, 0.5) is 0 Å². The lowest BCUT2D eigenvalue weighted by atomic mass is 9.94. The zero-order valence-corrected chi connectivity index (χ0v) is 9.18. The smallest absolute Gasteiger partial charge is 0.224 e. The summed E-state index contributed by atoms with van der Waals surface area (Å²) in [5.41, 5.74) is 6.35. The van der Waals surface area contributed by atoms with Gasteiger partial charge >= 0.3 is 0 Å². The molecular weight excluding hydrogens is 200 g/mol. The topological polar surface area (TPSA) is 56.0 Å². The van der Waals surface area contributed by atoms with Gasteiger partial charge in [0.25, 0.3) is 0 Å². The van der Waals surface area contributed by atoms with Gasteiger partial charge in [-0.25, -0.2) is 0 Å². The summed E-state index contributed by atoms with van der Waals surface area (Å²) in [4.78, 5) is 15.3. The molecule has 0 aliphatic carbocycles. The summed E-state index contributed by atoms with van der Waals surface area (Å²) < 4.78 is 0. The molecule has 2 aromatic rings. The first kappa shape index (κ1) is 10.6. The van der Waals surface area contributed by atoms with E-state index >= 15 is 0 Å². The van der Waals surface area contributed by atoms with E-state index in [2.05, 4.69) is 4.98 Å². The van der Waals surface area contributed by atoms with E-state index in [1.54, 1.807) is 6.20 Å². The number of aromatic nitrogens is 1. The maximum atomic E-state index is 11.3. The fourth-order valence-corrected chi connectivity index (χ4v) is 1.92. The summed E-state index contributed by atoms with van der Waals surface area (Å²) in [7, 11) is 0. The average Bonchev–Trinajstić information content (AvgIpc) is 2.29. The zero-order valence-electron chi connectivity index (χ0n) is 9.18. The first-order chi connectivity index (χ1) is 7.72. The van der Waals surface area contributed by atoms with Crippen molar-refractivity contribution >= 4 is 16.7 Å². The summed E-state index contributed by atoms with van der Waals surface area (Å²) in [6.45, 7) is 1.96. The third kappa shape index (κ3) is 1.89. The predicted octanol–water partition coefficient (Wildman–Crippen LogP) is 2.21. The number of amides is 1. The number of benzene rings is 1. The third-order valence-corrected chi connectivity index (χ3v) is 2.82. The fraction of sp³-hybridized carbons (Fsp3) is 0.231. The lowest BCUT2D eigenvalue weighted by Gasteiger charge is -2.11. The van der Waals surface area contributed by atoms with Gasteiger partial charge in [0.1, 0.15) is 0 Å². The molecule has 1 unspecified atom stereocenters. The maximum Gasteiger partial charge on any atom is 0.224 e. The van der Waals surface area contributed by atoms with Gasteiger partial charge in [0.15, 0.2) is 0 Å². The Morgan fingerprint density at radius 1 is 1.38 bits per heavy atom. The van der Waals surface area contributed by atoms with E-state index in [9.17, 15) is 4.79 Å². The third-order valence-electron chi connectivity index (χ3n) is 2.82. The van der Waals surface area contributed by atoms with E-state index in [1.807, 2.05) is 37.4 Å². The van der Waals surface area contributed by atoms with Crippen LogP contribution in [0.25, 0.3) is 10.8 Å². The molecule has 0 saturated carbocycles. The molecule has 16 heavy (non-hydrogen) atoms. The van der Waals surface area contributed by atoms with Crippen molar-refractivity contribution in [2.75, 3.05) is 0 Å². The van der Waals surface area contributed by atoms with Crippen LogP contribution < -0.4 is 5.73 Å². The molecule has 2 rings (SSSR count). The van der Waals surface area contributed by atoms with Crippen LogP contribution >= 0.6 is 0 Å². The van der Waals surface area contributed by atoms with Gasteiger partial charge in [-0.05, 0) is 23.4 Å². The Morgan fingerprint density at radius 2 is 2.19 bits per heavy atom. The molecule has 1 atom stereocenters. The van der Waals surface area contributed by atoms with Crippen LogP contribution in [0.2, 0.25) is 0 Å². The monoisotopic (exact) mass is 214 g/mol. The van der Waals surface area contributed by atoms with Crippen LogP contribution in [0.5, 0.6) is 0 Å². The second-order valence-corrected chi connectivity index (χ2v) is 3.85. The normalized spacial score (nSPS) is 12.6. The summed E-state index contributed by atoms with van der Waals surface area (Å²) in [5, 5.41) is 2.16. The van der Waals surface area contributed by atoms with Crippen LogP contribution in [0.3, 0.4) is 0 Å². The minimum absolute atomic E-state index is 0.197. The lowest BCUT2D eigenvalue weighted by molar-refractivity contribution is -0.119. The van der Waals surface area contributed by atoms with E-state index in [1.165, 1.54) is 0 Å². The standard InChI is InChI=1S/C13H14N2O/c1-2-12(13(14)16)10-3-4-11-8-15-6-5-9(11)7-10/h3-8,12H,2H2,1H3,(H2,14,16). The highest BCUT2D eigenvalue weighted by molar-refractivity contribution is 5.86. The van der Waals surface area contributed by atoms with Gasteiger partial charge in [-0.3, -0.25) is 9.78 Å². The second kappa shape index (κ2) is 4.31. The fourth-order valence-electron chi connectivity index (χ4n) is 1.92. The molecule has 1 amide bonds. The van der Waals surface area contributed by atoms with Crippen molar-refractivity contribution in [3.63, 3.8) is 0 Å².